The Kier molecular flexibility index (Phi) is 2.89. The van der Waals surface area contributed by atoms with Crippen molar-refractivity contribution < 1.29 is 4.79 Å². The van der Waals surface area contributed by atoms with Crippen LogP contribution < -0.4 is 5.73 Å². The number of primary amides is 1. The highest BCUT2D eigenvalue weighted by Crippen LogP contribution is 2.34. The third kappa shape index (κ3) is 2.11. The Labute approximate surface area is 119 Å². The van der Waals surface area contributed by atoms with Crippen LogP contribution in [-0.2, 0) is 23.1 Å². The highest BCUT2D eigenvalue weighted by Gasteiger charge is 2.26. The fourth-order valence-electron chi connectivity index (χ4n) is 3.13. The summed E-state index contributed by atoms with van der Waals surface area (Å²) >= 11 is 0. The van der Waals surface area contributed by atoms with Crippen molar-refractivity contribution in [3.8, 4) is 0 Å². The van der Waals surface area contributed by atoms with Crippen LogP contribution in [0.1, 0.15) is 44.0 Å². The van der Waals surface area contributed by atoms with Gasteiger partial charge in [0.15, 0.2) is 0 Å². The lowest BCUT2D eigenvalue weighted by molar-refractivity contribution is -0.122. The Bertz CT molecular complexity index is 676. The molecule has 1 amide bonds. The quantitative estimate of drug-likeness (QED) is 0.822. The molecule has 0 radical (unpaired) electrons. The van der Waals surface area contributed by atoms with Crippen molar-refractivity contribution in [2.45, 2.75) is 45.4 Å². The molecule has 1 atom stereocenters. The van der Waals surface area contributed by atoms with E-state index in [2.05, 4.69) is 44.0 Å². The lowest BCUT2D eigenvalue weighted by Gasteiger charge is -2.21. The van der Waals surface area contributed by atoms with Gasteiger partial charge in [-0.15, -0.1) is 0 Å². The molecule has 0 saturated heterocycles. The van der Waals surface area contributed by atoms with Gasteiger partial charge in [-0.05, 0) is 47.9 Å². The number of benzene rings is 1. The van der Waals surface area contributed by atoms with Crippen molar-refractivity contribution in [3.05, 3.63) is 35.0 Å². The molecule has 3 heteroatoms. The predicted octanol–water partition coefficient (Wildman–Crippen LogP) is 3.06. The third-order valence-electron chi connectivity index (χ3n) is 4.46. The highest BCUT2D eigenvalue weighted by molar-refractivity contribution is 5.87. The van der Waals surface area contributed by atoms with Crippen molar-refractivity contribution in [1.82, 2.24) is 4.98 Å². The second kappa shape index (κ2) is 4.37. The van der Waals surface area contributed by atoms with Gasteiger partial charge in [0, 0.05) is 22.5 Å². The Morgan fingerprint density at radius 1 is 1.35 bits per heavy atom. The van der Waals surface area contributed by atoms with Crippen LogP contribution in [0.25, 0.3) is 10.9 Å². The molecule has 1 heterocycles. The van der Waals surface area contributed by atoms with Gasteiger partial charge < -0.3 is 10.7 Å². The summed E-state index contributed by atoms with van der Waals surface area (Å²) in [6.45, 7) is 6.67. The Balaban J connectivity index is 2.11. The summed E-state index contributed by atoms with van der Waals surface area (Å²) in [5, 5.41) is 1.26. The summed E-state index contributed by atoms with van der Waals surface area (Å²) in [7, 11) is 0. The molecule has 1 unspecified atom stereocenters. The molecular weight excluding hydrogens is 248 g/mol. The fourth-order valence-corrected chi connectivity index (χ4v) is 3.13. The number of aromatic amines is 1. The number of hydrogen-bond acceptors (Lipinski definition) is 1. The van der Waals surface area contributed by atoms with Crippen LogP contribution >= 0.6 is 0 Å². The number of H-pyrrole nitrogens is 1. The molecule has 1 aliphatic rings. The number of carbonyl (C=O) groups excluding carboxylic acids is 1. The van der Waals surface area contributed by atoms with E-state index >= 15 is 0 Å². The van der Waals surface area contributed by atoms with Crippen LogP contribution in [0.4, 0.5) is 0 Å². The smallest absolute Gasteiger partial charge is 0.220 e. The van der Waals surface area contributed by atoms with Gasteiger partial charge in [-0.2, -0.15) is 0 Å². The number of nitrogens with two attached hydrogens (primary N) is 1. The third-order valence-corrected chi connectivity index (χ3v) is 4.46. The SMILES string of the molecule is CC(C)(C)c1ccc2[nH]c3c(c2c1)CC(C(N)=O)CC3. The van der Waals surface area contributed by atoms with E-state index in [1.54, 1.807) is 0 Å². The molecule has 20 heavy (non-hydrogen) atoms. The Morgan fingerprint density at radius 3 is 2.75 bits per heavy atom. The van der Waals surface area contributed by atoms with E-state index in [0.29, 0.717) is 0 Å². The Hall–Kier alpha value is -1.77. The van der Waals surface area contributed by atoms with E-state index in [4.69, 9.17) is 5.73 Å². The van der Waals surface area contributed by atoms with Gasteiger partial charge in [-0.1, -0.05) is 26.8 Å². The number of amides is 1. The molecule has 0 saturated carbocycles. The predicted molar refractivity (Wildman–Crippen MR) is 81.7 cm³/mol. The molecule has 2 aromatic rings. The van der Waals surface area contributed by atoms with Crippen LogP contribution in [0, 0.1) is 5.92 Å². The van der Waals surface area contributed by atoms with Crippen molar-refractivity contribution in [2.75, 3.05) is 0 Å². The number of fused-ring (bicyclic) bond motifs is 3. The van der Waals surface area contributed by atoms with Crippen molar-refractivity contribution in [3.63, 3.8) is 0 Å². The maximum atomic E-state index is 11.5. The molecule has 0 spiro atoms. The minimum atomic E-state index is -0.169. The minimum Gasteiger partial charge on any atom is -0.369 e. The summed E-state index contributed by atoms with van der Waals surface area (Å²) in [5.41, 5.74) is 10.7. The van der Waals surface area contributed by atoms with Crippen LogP contribution in [0.15, 0.2) is 18.2 Å². The standard InChI is InChI=1S/C17H22N2O/c1-17(2,3)11-5-7-15-13(9-11)12-8-10(16(18)20)4-6-14(12)19-15/h5,7,9-10,19H,4,6,8H2,1-3H3,(H2,18,20). The first-order valence-electron chi connectivity index (χ1n) is 7.29. The number of aryl methyl sites for hydroxylation is 1. The van der Waals surface area contributed by atoms with Crippen LogP contribution in [-0.4, -0.2) is 10.9 Å². The summed E-state index contributed by atoms with van der Waals surface area (Å²) in [6, 6.07) is 6.62. The van der Waals surface area contributed by atoms with Crippen molar-refractivity contribution in [2.24, 2.45) is 11.7 Å². The summed E-state index contributed by atoms with van der Waals surface area (Å²) in [6.07, 6.45) is 2.56. The maximum absolute atomic E-state index is 11.5. The zero-order chi connectivity index (χ0) is 14.5. The second-order valence-electron chi connectivity index (χ2n) is 6.93. The number of aromatic nitrogens is 1. The molecule has 3 nitrogen and oxygen atoms in total. The van der Waals surface area contributed by atoms with E-state index in [-0.39, 0.29) is 17.2 Å². The molecule has 1 aromatic carbocycles. The van der Waals surface area contributed by atoms with E-state index in [9.17, 15) is 4.79 Å². The monoisotopic (exact) mass is 270 g/mol. The van der Waals surface area contributed by atoms with Gasteiger partial charge in [0.05, 0.1) is 0 Å². The van der Waals surface area contributed by atoms with E-state index in [1.165, 1.54) is 27.7 Å². The lowest BCUT2D eigenvalue weighted by atomic mass is 9.83. The van der Waals surface area contributed by atoms with E-state index in [1.807, 2.05) is 0 Å². The number of rotatable bonds is 1. The lowest BCUT2D eigenvalue weighted by Crippen LogP contribution is -2.28. The summed E-state index contributed by atoms with van der Waals surface area (Å²) < 4.78 is 0. The molecule has 1 aliphatic carbocycles. The van der Waals surface area contributed by atoms with Gasteiger partial charge in [0.25, 0.3) is 0 Å². The van der Waals surface area contributed by atoms with Crippen LogP contribution in [0.5, 0.6) is 0 Å². The number of hydrogen-bond donors (Lipinski definition) is 2. The van der Waals surface area contributed by atoms with Gasteiger partial charge >= 0.3 is 0 Å². The molecule has 0 aliphatic heterocycles. The zero-order valence-corrected chi connectivity index (χ0v) is 12.4. The Morgan fingerprint density at radius 2 is 2.10 bits per heavy atom. The zero-order valence-electron chi connectivity index (χ0n) is 12.4. The largest absolute Gasteiger partial charge is 0.369 e. The van der Waals surface area contributed by atoms with E-state index in [0.717, 1.165) is 19.3 Å². The first-order chi connectivity index (χ1) is 9.36. The number of nitrogens with one attached hydrogen (secondary N) is 1. The number of carbonyl (C=O) groups is 1. The average molecular weight is 270 g/mol. The fraction of sp³-hybridized carbons (Fsp3) is 0.471. The summed E-state index contributed by atoms with van der Waals surface area (Å²) in [5.74, 6) is -0.184. The van der Waals surface area contributed by atoms with Gasteiger partial charge in [-0.25, -0.2) is 0 Å². The molecule has 3 rings (SSSR count). The average Bonchev–Trinajstić information content (AvgIpc) is 2.74. The molecular formula is C17H22N2O. The topological polar surface area (TPSA) is 58.9 Å². The minimum absolute atomic E-state index is 0.0141. The first kappa shape index (κ1) is 13.2. The maximum Gasteiger partial charge on any atom is 0.220 e. The van der Waals surface area contributed by atoms with Crippen LogP contribution in [0.3, 0.4) is 0 Å². The van der Waals surface area contributed by atoms with Gasteiger partial charge in [0.1, 0.15) is 0 Å². The van der Waals surface area contributed by atoms with Crippen molar-refractivity contribution >= 4 is 16.8 Å². The molecule has 1 aromatic heterocycles. The molecule has 0 fully saturated rings. The van der Waals surface area contributed by atoms with Gasteiger partial charge in [-0.3, -0.25) is 4.79 Å². The van der Waals surface area contributed by atoms with E-state index < -0.39 is 0 Å². The molecule has 3 N–H and O–H groups in total. The highest BCUT2D eigenvalue weighted by atomic mass is 16.1. The second-order valence-corrected chi connectivity index (χ2v) is 6.93. The normalized spacial score (nSPS) is 19.1. The van der Waals surface area contributed by atoms with Crippen molar-refractivity contribution in [1.29, 1.82) is 0 Å². The summed E-state index contributed by atoms with van der Waals surface area (Å²) in [4.78, 5) is 15.0. The van der Waals surface area contributed by atoms with Crippen LogP contribution in [0.2, 0.25) is 0 Å². The first-order valence-corrected chi connectivity index (χ1v) is 7.29. The van der Waals surface area contributed by atoms with Gasteiger partial charge in [0.2, 0.25) is 5.91 Å². The molecule has 0 bridgehead atoms. The molecule has 106 valence electrons.